The monoisotopic (exact) mass is 369 g/mol. The molecule has 0 radical (unpaired) electrons. The van der Waals surface area contributed by atoms with Crippen molar-refractivity contribution in [3.63, 3.8) is 0 Å². The Balaban J connectivity index is 1.71. The van der Waals surface area contributed by atoms with Gasteiger partial charge in [-0.1, -0.05) is 30.3 Å². The molecule has 2 aromatic rings. The molecule has 0 bridgehead atoms. The first-order chi connectivity index (χ1) is 13.1. The molecule has 1 aliphatic heterocycles. The quantitative estimate of drug-likeness (QED) is 0.459. The summed E-state index contributed by atoms with van der Waals surface area (Å²) >= 11 is 0. The smallest absolute Gasteiger partial charge is 0.312 e. The molecule has 0 saturated carbocycles. The Hall–Kier alpha value is -2.93. The number of rotatable bonds is 7. The molecule has 1 heterocycles. The van der Waals surface area contributed by atoms with Crippen molar-refractivity contribution < 1.29 is 14.5 Å². The van der Waals surface area contributed by atoms with Crippen LogP contribution in [-0.4, -0.2) is 41.5 Å². The van der Waals surface area contributed by atoms with Gasteiger partial charge in [0.25, 0.3) is 5.69 Å². The van der Waals surface area contributed by atoms with E-state index in [1.54, 1.807) is 19.1 Å². The minimum Gasteiger partial charge on any atom is -0.466 e. The first-order valence-corrected chi connectivity index (χ1v) is 9.00. The first kappa shape index (κ1) is 18.8. The van der Waals surface area contributed by atoms with Crippen LogP contribution in [0.1, 0.15) is 12.5 Å². The Kier molecular flexibility index (Phi) is 6.03. The molecule has 142 valence electrons. The molecule has 3 rings (SSSR count). The number of non-ortho nitro benzene ring substituents is 1. The summed E-state index contributed by atoms with van der Waals surface area (Å²) in [6, 6.07) is 16.2. The maximum absolute atomic E-state index is 12.4. The molecule has 0 spiro atoms. The van der Waals surface area contributed by atoms with Crippen LogP contribution in [0.2, 0.25) is 0 Å². The molecular weight excluding hydrogens is 346 g/mol. The third-order valence-corrected chi connectivity index (χ3v) is 4.66. The van der Waals surface area contributed by atoms with E-state index in [1.807, 2.05) is 18.2 Å². The molecule has 7 nitrogen and oxygen atoms in total. The Morgan fingerprint density at radius 3 is 2.52 bits per heavy atom. The van der Waals surface area contributed by atoms with Crippen molar-refractivity contribution >= 4 is 17.3 Å². The van der Waals surface area contributed by atoms with Crippen molar-refractivity contribution in [2.45, 2.75) is 19.5 Å². The Morgan fingerprint density at radius 2 is 1.89 bits per heavy atom. The molecule has 27 heavy (non-hydrogen) atoms. The van der Waals surface area contributed by atoms with Gasteiger partial charge in [-0.05, 0) is 24.6 Å². The average Bonchev–Trinajstić information content (AvgIpc) is 3.05. The van der Waals surface area contributed by atoms with Crippen LogP contribution >= 0.6 is 0 Å². The summed E-state index contributed by atoms with van der Waals surface area (Å²) in [5.74, 6) is -0.503. The number of benzene rings is 2. The predicted octanol–water partition coefficient (Wildman–Crippen LogP) is 3.07. The molecule has 2 aromatic carbocycles. The van der Waals surface area contributed by atoms with Crippen molar-refractivity contribution in [2.24, 2.45) is 5.92 Å². The zero-order valence-electron chi connectivity index (χ0n) is 15.2. The highest BCUT2D eigenvalue weighted by Gasteiger charge is 2.38. The second-order valence-electron chi connectivity index (χ2n) is 6.59. The van der Waals surface area contributed by atoms with Gasteiger partial charge in [-0.15, -0.1) is 0 Å². The van der Waals surface area contributed by atoms with Crippen LogP contribution in [0.5, 0.6) is 0 Å². The molecule has 1 fully saturated rings. The second-order valence-corrected chi connectivity index (χ2v) is 6.59. The van der Waals surface area contributed by atoms with E-state index in [0.717, 1.165) is 12.2 Å². The highest BCUT2D eigenvalue weighted by Crippen LogP contribution is 2.25. The van der Waals surface area contributed by atoms with Crippen LogP contribution in [0.3, 0.4) is 0 Å². The zero-order chi connectivity index (χ0) is 19.2. The summed E-state index contributed by atoms with van der Waals surface area (Å²) in [5.41, 5.74) is 1.98. The van der Waals surface area contributed by atoms with Crippen LogP contribution < -0.4 is 5.32 Å². The lowest BCUT2D eigenvalue weighted by molar-refractivity contribution is -0.384. The van der Waals surface area contributed by atoms with Crippen LogP contribution in [0.25, 0.3) is 0 Å². The van der Waals surface area contributed by atoms with Crippen LogP contribution in [-0.2, 0) is 16.1 Å². The van der Waals surface area contributed by atoms with E-state index in [-0.39, 0.29) is 23.6 Å². The Bertz CT molecular complexity index is 780. The number of hydrogen-bond donors (Lipinski definition) is 1. The average molecular weight is 369 g/mol. The van der Waals surface area contributed by atoms with Gasteiger partial charge >= 0.3 is 5.97 Å². The summed E-state index contributed by atoms with van der Waals surface area (Å²) in [5, 5.41) is 14.2. The van der Waals surface area contributed by atoms with Crippen molar-refractivity contribution in [1.29, 1.82) is 0 Å². The number of nitrogens with one attached hydrogen (secondary N) is 1. The van der Waals surface area contributed by atoms with Crippen LogP contribution in [0.15, 0.2) is 54.6 Å². The van der Waals surface area contributed by atoms with Gasteiger partial charge in [0.2, 0.25) is 0 Å². The maximum Gasteiger partial charge on any atom is 0.312 e. The summed E-state index contributed by atoms with van der Waals surface area (Å²) in [6.45, 7) is 4.20. The standard InChI is InChI=1S/C20H23N3O4/c1-2-27-20(24)18-13-22(12-15-6-4-3-5-7-15)14-19(18)21-16-8-10-17(11-9-16)23(25)26/h3-11,18-19,21H,2,12-14H2,1H3. The molecule has 7 heteroatoms. The Morgan fingerprint density at radius 1 is 1.19 bits per heavy atom. The largest absolute Gasteiger partial charge is 0.466 e. The fourth-order valence-electron chi connectivity index (χ4n) is 3.38. The van der Waals surface area contributed by atoms with Gasteiger partial charge in [-0.3, -0.25) is 19.8 Å². The number of anilines is 1. The van der Waals surface area contributed by atoms with Gasteiger partial charge < -0.3 is 10.1 Å². The summed E-state index contributed by atoms with van der Waals surface area (Å²) in [7, 11) is 0. The SMILES string of the molecule is CCOC(=O)C1CN(Cc2ccccc2)CC1Nc1ccc([N+](=O)[O-])cc1. The highest BCUT2D eigenvalue weighted by molar-refractivity contribution is 5.75. The predicted molar refractivity (Wildman–Crippen MR) is 102 cm³/mol. The van der Waals surface area contributed by atoms with Gasteiger partial charge in [0.15, 0.2) is 0 Å². The lowest BCUT2D eigenvalue weighted by Crippen LogP contribution is -2.34. The van der Waals surface area contributed by atoms with Gasteiger partial charge in [0.1, 0.15) is 0 Å². The summed E-state index contributed by atoms with van der Waals surface area (Å²) < 4.78 is 5.25. The number of nitrogens with zero attached hydrogens (tertiary/aromatic N) is 2. The Labute approximate surface area is 158 Å². The molecule has 1 saturated heterocycles. The van der Waals surface area contributed by atoms with Crippen molar-refractivity contribution in [3.05, 3.63) is 70.3 Å². The van der Waals surface area contributed by atoms with Crippen molar-refractivity contribution in [3.8, 4) is 0 Å². The lowest BCUT2D eigenvalue weighted by atomic mass is 10.0. The van der Waals surface area contributed by atoms with E-state index < -0.39 is 4.92 Å². The molecule has 0 aliphatic carbocycles. The number of carbonyl (C=O) groups excluding carboxylic acids is 1. The second kappa shape index (κ2) is 8.64. The molecule has 0 amide bonds. The fraction of sp³-hybridized carbons (Fsp3) is 0.350. The molecule has 0 aromatic heterocycles. The first-order valence-electron chi connectivity index (χ1n) is 9.00. The van der Waals surface area contributed by atoms with E-state index in [9.17, 15) is 14.9 Å². The van der Waals surface area contributed by atoms with Gasteiger partial charge in [-0.25, -0.2) is 0 Å². The van der Waals surface area contributed by atoms with E-state index in [1.165, 1.54) is 17.7 Å². The van der Waals surface area contributed by atoms with Gasteiger partial charge in [0.05, 0.1) is 23.5 Å². The molecule has 2 unspecified atom stereocenters. The number of hydrogen-bond acceptors (Lipinski definition) is 6. The minimum absolute atomic E-state index is 0.0413. The fourth-order valence-corrected chi connectivity index (χ4v) is 3.38. The molecule has 1 N–H and O–H groups in total. The summed E-state index contributed by atoms with van der Waals surface area (Å²) in [4.78, 5) is 25.0. The molecule has 1 aliphatic rings. The number of nitro benzene ring substituents is 1. The van der Waals surface area contributed by atoms with E-state index in [2.05, 4.69) is 22.3 Å². The van der Waals surface area contributed by atoms with Crippen molar-refractivity contribution in [1.82, 2.24) is 4.90 Å². The zero-order valence-corrected chi connectivity index (χ0v) is 15.2. The molecular formula is C20H23N3O4. The lowest BCUT2D eigenvalue weighted by Gasteiger charge is -2.19. The third-order valence-electron chi connectivity index (χ3n) is 4.66. The topological polar surface area (TPSA) is 84.7 Å². The number of esters is 1. The number of likely N-dealkylation sites (tertiary alicyclic amines) is 1. The van der Waals surface area contributed by atoms with Gasteiger partial charge in [0, 0.05) is 37.5 Å². The molecule has 2 atom stereocenters. The van der Waals surface area contributed by atoms with Crippen LogP contribution in [0, 0.1) is 16.0 Å². The van der Waals surface area contributed by atoms with E-state index >= 15 is 0 Å². The number of ether oxygens (including phenoxy) is 1. The van der Waals surface area contributed by atoms with Crippen molar-refractivity contribution in [2.75, 3.05) is 25.0 Å². The maximum atomic E-state index is 12.4. The van der Waals surface area contributed by atoms with Crippen LogP contribution in [0.4, 0.5) is 11.4 Å². The van der Waals surface area contributed by atoms with E-state index in [4.69, 9.17) is 4.74 Å². The third kappa shape index (κ3) is 4.83. The summed E-state index contributed by atoms with van der Waals surface area (Å²) in [6.07, 6.45) is 0. The normalized spacial score (nSPS) is 19.6. The highest BCUT2D eigenvalue weighted by atomic mass is 16.6. The number of nitro groups is 1. The minimum atomic E-state index is -0.428. The number of carbonyl (C=O) groups is 1. The van der Waals surface area contributed by atoms with Gasteiger partial charge in [-0.2, -0.15) is 0 Å². The van der Waals surface area contributed by atoms with E-state index in [0.29, 0.717) is 19.7 Å².